The standard InChI is InChI=1S/C12H22N2/c1-14-7-2-10(9-14)11-8-12(11)3-5-13-6-4-12/h10-11,13H,2-9H2,1H3. The third-order valence-corrected chi connectivity index (χ3v) is 4.85. The lowest BCUT2D eigenvalue weighted by Crippen LogP contribution is -2.31. The quantitative estimate of drug-likeness (QED) is 0.677. The molecule has 14 heavy (non-hydrogen) atoms. The van der Waals surface area contributed by atoms with Gasteiger partial charge in [-0.25, -0.2) is 0 Å². The van der Waals surface area contributed by atoms with Crippen LogP contribution >= 0.6 is 0 Å². The van der Waals surface area contributed by atoms with Gasteiger partial charge in [-0.3, -0.25) is 0 Å². The average Bonchev–Trinajstić information content (AvgIpc) is 2.70. The number of hydrogen-bond donors (Lipinski definition) is 1. The van der Waals surface area contributed by atoms with Crippen molar-refractivity contribution in [3.63, 3.8) is 0 Å². The number of rotatable bonds is 1. The van der Waals surface area contributed by atoms with E-state index >= 15 is 0 Å². The summed E-state index contributed by atoms with van der Waals surface area (Å²) >= 11 is 0. The van der Waals surface area contributed by atoms with E-state index in [4.69, 9.17) is 0 Å². The lowest BCUT2D eigenvalue weighted by Gasteiger charge is -2.25. The van der Waals surface area contributed by atoms with E-state index in [2.05, 4.69) is 17.3 Å². The zero-order chi connectivity index (χ0) is 9.60. The largest absolute Gasteiger partial charge is 0.317 e. The Bertz CT molecular complexity index is 220. The fourth-order valence-electron chi connectivity index (χ4n) is 3.84. The molecule has 3 fully saturated rings. The van der Waals surface area contributed by atoms with E-state index in [9.17, 15) is 0 Å². The molecular weight excluding hydrogens is 172 g/mol. The van der Waals surface area contributed by atoms with Crippen LogP contribution in [0.4, 0.5) is 0 Å². The molecule has 1 aliphatic carbocycles. The Kier molecular flexibility index (Phi) is 2.10. The average molecular weight is 194 g/mol. The van der Waals surface area contributed by atoms with E-state index in [-0.39, 0.29) is 0 Å². The lowest BCUT2D eigenvalue weighted by molar-refractivity contribution is 0.279. The van der Waals surface area contributed by atoms with E-state index in [0.717, 1.165) is 17.3 Å². The summed E-state index contributed by atoms with van der Waals surface area (Å²) in [6.45, 7) is 5.27. The van der Waals surface area contributed by atoms with Crippen LogP contribution in [-0.4, -0.2) is 38.1 Å². The second-order valence-corrected chi connectivity index (χ2v) is 5.73. The Hall–Kier alpha value is -0.0800. The number of piperidine rings is 1. The summed E-state index contributed by atoms with van der Waals surface area (Å²) in [6.07, 6.45) is 5.93. The van der Waals surface area contributed by atoms with Crippen molar-refractivity contribution in [2.45, 2.75) is 25.7 Å². The van der Waals surface area contributed by atoms with Gasteiger partial charge in [0, 0.05) is 6.54 Å². The SMILES string of the molecule is CN1CCC(C2CC23CCNCC3)C1. The molecule has 0 bridgehead atoms. The highest BCUT2D eigenvalue weighted by atomic mass is 15.1. The van der Waals surface area contributed by atoms with Gasteiger partial charge < -0.3 is 10.2 Å². The summed E-state index contributed by atoms with van der Waals surface area (Å²) in [5, 5.41) is 3.49. The molecule has 1 saturated carbocycles. The van der Waals surface area contributed by atoms with Gasteiger partial charge in [-0.2, -0.15) is 0 Å². The third-order valence-electron chi connectivity index (χ3n) is 4.85. The van der Waals surface area contributed by atoms with Crippen molar-refractivity contribution in [1.82, 2.24) is 10.2 Å². The Labute approximate surface area is 87.0 Å². The molecule has 2 heterocycles. The molecule has 3 aliphatic rings. The Balaban J connectivity index is 1.61. The van der Waals surface area contributed by atoms with Gasteiger partial charge in [-0.15, -0.1) is 0 Å². The topological polar surface area (TPSA) is 15.3 Å². The summed E-state index contributed by atoms with van der Waals surface area (Å²) in [5.74, 6) is 2.13. The van der Waals surface area contributed by atoms with E-state index in [1.165, 1.54) is 45.4 Å². The predicted octanol–water partition coefficient (Wildman–Crippen LogP) is 1.33. The normalized spacial score (nSPS) is 41.8. The summed E-state index contributed by atoms with van der Waals surface area (Å²) < 4.78 is 0. The molecule has 80 valence electrons. The second kappa shape index (κ2) is 3.21. The molecule has 2 unspecified atom stereocenters. The molecule has 0 radical (unpaired) electrons. The van der Waals surface area contributed by atoms with Crippen molar-refractivity contribution < 1.29 is 0 Å². The van der Waals surface area contributed by atoms with E-state index in [0.29, 0.717) is 0 Å². The van der Waals surface area contributed by atoms with Gasteiger partial charge in [0.15, 0.2) is 0 Å². The Morgan fingerprint density at radius 1 is 1.29 bits per heavy atom. The molecule has 2 heteroatoms. The van der Waals surface area contributed by atoms with Gasteiger partial charge in [0.2, 0.25) is 0 Å². The maximum atomic E-state index is 3.49. The number of hydrogen-bond acceptors (Lipinski definition) is 2. The van der Waals surface area contributed by atoms with Gasteiger partial charge in [0.05, 0.1) is 0 Å². The third kappa shape index (κ3) is 1.40. The van der Waals surface area contributed by atoms with Crippen LogP contribution in [-0.2, 0) is 0 Å². The smallest absolute Gasteiger partial charge is 0.000994 e. The fraction of sp³-hybridized carbons (Fsp3) is 1.00. The monoisotopic (exact) mass is 194 g/mol. The number of nitrogens with zero attached hydrogens (tertiary/aromatic N) is 1. The van der Waals surface area contributed by atoms with Crippen LogP contribution in [0.1, 0.15) is 25.7 Å². The Morgan fingerprint density at radius 3 is 2.71 bits per heavy atom. The van der Waals surface area contributed by atoms with Crippen molar-refractivity contribution in [3.8, 4) is 0 Å². The van der Waals surface area contributed by atoms with Crippen LogP contribution in [0.5, 0.6) is 0 Å². The molecular formula is C12H22N2. The summed E-state index contributed by atoms with van der Waals surface area (Å²) in [5.41, 5.74) is 0.807. The van der Waals surface area contributed by atoms with E-state index in [1.54, 1.807) is 6.42 Å². The first kappa shape index (κ1) is 9.17. The molecule has 0 amide bonds. The minimum Gasteiger partial charge on any atom is -0.317 e. The van der Waals surface area contributed by atoms with Gasteiger partial charge in [-0.05, 0) is 69.6 Å². The molecule has 2 nitrogen and oxygen atoms in total. The van der Waals surface area contributed by atoms with Crippen molar-refractivity contribution in [2.24, 2.45) is 17.3 Å². The van der Waals surface area contributed by atoms with Crippen LogP contribution in [0.3, 0.4) is 0 Å². The van der Waals surface area contributed by atoms with Crippen molar-refractivity contribution in [3.05, 3.63) is 0 Å². The highest BCUT2D eigenvalue weighted by molar-refractivity contribution is 5.07. The highest BCUT2D eigenvalue weighted by Gasteiger charge is 2.57. The fourth-order valence-corrected chi connectivity index (χ4v) is 3.84. The molecule has 2 saturated heterocycles. The maximum Gasteiger partial charge on any atom is 0.000994 e. The van der Waals surface area contributed by atoms with Crippen LogP contribution in [0.2, 0.25) is 0 Å². The summed E-state index contributed by atoms with van der Waals surface area (Å²) in [4.78, 5) is 2.51. The number of likely N-dealkylation sites (tertiary alicyclic amines) is 1. The summed E-state index contributed by atoms with van der Waals surface area (Å²) in [7, 11) is 2.28. The minimum absolute atomic E-state index is 0.807. The first-order valence-electron chi connectivity index (χ1n) is 6.19. The number of nitrogens with one attached hydrogen (secondary N) is 1. The van der Waals surface area contributed by atoms with Crippen LogP contribution in [0.25, 0.3) is 0 Å². The molecule has 3 rings (SSSR count). The van der Waals surface area contributed by atoms with Crippen molar-refractivity contribution >= 4 is 0 Å². The molecule has 0 aromatic carbocycles. The highest BCUT2D eigenvalue weighted by Crippen LogP contribution is 2.62. The lowest BCUT2D eigenvalue weighted by atomic mass is 9.87. The van der Waals surface area contributed by atoms with Crippen LogP contribution < -0.4 is 5.32 Å². The zero-order valence-electron chi connectivity index (χ0n) is 9.26. The molecule has 2 aliphatic heterocycles. The van der Waals surface area contributed by atoms with Gasteiger partial charge in [-0.1, -0.05) is 0 Å². The van der Waals surface area contributed by atoms with Gasteiger partial charge in [0.1, 0.15) is 0 Å². The Morgan fingerprint density at radius 2 is 2.07 bits per heavy atom. The predicted molar refractivity (Wildman–Crippen MR) is 58.2 cm³/mol. The van der Waals surface area contributed by atoms with E-state index < -0.39 is 0 Å². The van der Waals surface area contributed by atoms with Crippen LogP contribution in [0.15, 0.2) is 0 Å². The van der Waals surface area contributed by atoms with Gasteiger partial charge in [0.25, 0.3) is 0 Å². The molecule has 1 spiro atoms. The van der Waals surface area contributed by atoms with E-state index in [1.807, 2.05) is 0 Å². The molecule has 2 atom stereocenters. The van der Waals surface area contributed by atoms with Crippen LogP contribution in [0, 0.1) is 17.3 Å². The maximum absolute atomic E-state index is 3.49. The van der Waals surface area contributed by atoms with Crippen molar-refractivity contribution in [2.75, 3.05) is 33.2 Å². The first-order valence-corrected chi connectivity index (χ1v) is 6.19. The first-order chi connectivity index (χ1) is 6.80. The summed E-state index contributed by atoms with van der Waals surface area (Å²) in [6, 6.07) is 0. The molecule has 1 N–H and O–H groups in total. The van der Waals surface area contributed by atoms with Crippen molar-refractivity contribution in [1.29, 1.82) is 0 Å². The minimum atomic E-state index is 0.807. The molecule has 0 aromatic heterocycles. The zero-order valence-corrected chi connectivity index (χ0v) is 9.26. The van der Waals surface area contributed by atoms with Gasteiger partial charge >= 0.3 is 0 Å². The second-order valence-electron chi connectivity index (χ2n) is 5.73. The molecule has 0 aromatic rings.